The lowest BCUT2D eigenvalue weighted by atomic mass is 9.68. The van der Waals surface area contributed by atoms with Crippen LogP contribution >= 0.6 is 0 Å². The van der Waals surface area contributed by atoms with Gasteiger partial charge in [-0.3, -0.25) is 4.79 Å². The highest BCUT2D eigenvalue weighted by atomic mass is 16.6. The van der Waals surface area contributed by atoms with Crippen molar-refractivity contribution in [3.63, 3.8) is 0 Å². The van der Waals surface area contributed by atoms with Gasteiger partial charge in [0.2, 0.25) is 0 Å². The number of anilines is 1. The van der Waals surface area contributed by atoms with Gasteiger partial charge in [-0.2, -0.15) is 5.26 Å². The highest BCUT2D eigenvalue weighted by Gasteiger charge is 2.72. The van der Waals surface area contributed by atoms with E-state index >= 15 is 0 Å². The number of hydrogen-bond acceptors (Lipinski definition) is 8. The predicted octanol–water partition coefficient (Wildman–Crippen LogP) is 3.60. The lowest BCUT2D eigenvalue weighted by Crippen LogP contribution is -2.55. The first-order valence-electron chi connectivity index (χ1n) is 11.8. The molecule has 1 aliphatic carbocycles. The van der Waals surface area contributed by atoms with Crippen LogP contribution in [0.25, 0.3) is 0 Å². The maximum atomic E-state index is 12.7. The zero-order chi connectivity index (χ0) is 24.5. The van der Waals surface area contributed by atoms with E-state index in [1.165, 1.54) is 12.7 Å². The molecular weight excluding hydrogens is 436 g/mol. The van der Waals surface area contributed by atoms with Crippen molar-refractivity contribution in [2.75, 3.05) is 32.7 Å². The number of allylic oxidation sites excluding steroid dienone is 1. The van der Waals surface area contributed by atoms with Gasteiger partial charge in [0.15, 0.2) is 0 Å². The summed E-state index contributed by atoms with van der Waals surface area (Å²) in [7, 11) is 3.17. The molecule has 0 aromatic heterocycles. The molecular formula is C26H34N2O6. The molecule has 0 amide bonds. The summed E-state index contributed by atoms with van der Waals surface area (Å²) in [6.45, 7) is 6.96. The van der Waals surface area contributed by atoms with Crippen LogP contribution in [0.2, 0.25) is 0 Å². The van der Waals surface area contributed by atoms with Crippen molar-refractivity contribution in [2.24, 2.45) is 5.92 Å². The third kappa shape index (κ3) is 4.78. The summed E-state index contributed by atoms with van der Waals surface area (Å²) in [5.41, 5.74) is 1.67. The van der Waals surface area contributed by atoms with E-state index in [4.69, 9.17) is 23.7 Å². The molecule has 4 rings (SSSR count). The van der Waals surface area contributed by atoms with Gasteiger partial charge < -0.3 is 29.0 Å². The standard InChI is InChI=1S/C26H34N2O6/c1-16(2)6-9-21-25(3,34-21)24-23(31-5)20(10-11-26(24)15-32-26)33-22(29)14-28-18-7-8-19(30-4)17(12-18)13-27/h6-8,12,20-21,23-24,28H,9-11,14-15H2,1-5H3/t20-,21-,23-,24-,25+,26+/m1/s1. The number of benzene rings is 1. The molecule has 2 heterocycles. The van der Waals surface area contributed by atoms with Crippen molar-refractivity contribution in [3.05, 3.63) is 35.4 Å². The van der Waals surface area contributed by atoms with Crippen LogP contribution in [0.3, 0.4) is 0 Å². The first kappa shape index (κ1) is 24.5. The summed E-state index contributed by atoms with van der Waals surface area (Å²) in [5, 5.41) is 12.3. The van der Waals surface area contributed by atoms with Gasteiger partial charge in [-0.25, -0.2) is 0 Å². The van der Waals surface area contributed by atoms with E-state index in [9.17, 15) is 10.1 Å². The largest absolute Gasteiger partial charge is 0.495 e. The van der Waals surface area contributed by atoms with Crippen LogP contribution in [0.15, 0.2) is 29.8 Å². The van der Waals surface area contributed by atoms with Crippen LogP contribution in [-0.4, -0.2) is 62.9 Å². The predicted molar refractivity (Wildman–Crippen MR) is 126 cm³/mol. The number of carbonyl (C=O) groups is 1. The summed E-state index contributed by atoms with van der Waals surface area (Å²) in [6, 6.07) is 7.18. The average Bonchev–Trinajstić information content (AvgIpc) is 3.74. The van der Waals surface area contributed by atoms with E-state index < -0.39 is 0 Å². The highest BCUT2D eigenvalue weighted by molar-refractivity contribution is 5.75. The Labute approximate surface area is 201 Å². The third-order valence-electron chi connectivity index (χ3n) is 7.28. The number of nitrogens with zero attached hydrogens (tertiary/aromatic N) is 1. The first-order valence-corrected chi connectivity index (χ1v) is 11.8. The van der Waals surface area contributed by atoms with E-state index in [0.29, 0.717) is 30.0 Å². The molecule has 3 aliphatic rings. The minimum absolute atomic E-state index is 0.0140. The molecule has 2 aliphatic heterocycles. The fraction of sp³-hybridized carbons (Fsp3) is 0.615. The number of hydrogen-bond donors (Lipinski definition) is 1. The number of epoxide rings is 2. The molecule has 1 saturated carbocycles. The number of ether oxygens (including phenoxy) is 5. The Hall–Kier alpha value is -2.60. The summed E-state index contributed by atoms with van der Waals surface area (Å²) >= 11 is 0. The monoisotopic (exact) mass is 470 g/mol. The number of rotatable bonds is 9. The third-order valence-corrected chi connectivity index (χ3v) is 7.28. The number of nitriles is 1. The number of nitrogens with one attached hydrogen (secondary N) is 1. The van der Waals surface area contributed by atoms with E-state index in [0.717, 1.165) is 12.8 Å². The summed E-state index contributed by atoms with van der Waals surface area (Å²) in [5.74, 6) is 0.0947. The lowest BCUT2D eigenvalue weighted by molar-refractivity contribution is -0.170. The minimum atomic E-state index is -0.380. The van der Waals surface area contributed by atoms with Crippen molar-refractivity contribution in [1.29, 1.82) is 5.26 Å². The molecule has 6 atom stereocenters. The van der Waals surface area contributed by atoms with E-state index in [-0.39, 0.29) is 47.9 Å². The summed E-state index contributed by atoms with van der Waals surface area (Å²) < 4.78 is 29.1. The molecule has 184 valence electrons. The van der Waals surface area contributed by atoms with Crippen LogP contribution < -0.4 is 10.1 Å². The fourth-order valence-corrected chi connectivity index (χ4v) is 5.36. The Balaban J connectivity index is 1.40. The molecule has 8 nitrogen and oxygen atoms in total. The zero-order valence-corrected chi connectivity index (χ0v) is 20.6. The maximum Gasteiger partial charge on any atom is 0.325 e. The Kier molecular flexibility index (Phi) is 6.90. The van der Waals surface area contributed by atoms with Gasteiger partial charge in [-0.05, 0) is 58.2 Å². The summed E-state index contributed by atoms with van der Waals surface area (Å²) in [6.07, 6.45) is 3.94. The zero-order valence-electron chi connectivity index (χ0n) is 20.6. The van der Waals surface area contributed by atoms with Crippen LogP contribution in [0.4, 0.5) is 5.69 Å². The number of esters is 1. The molecule has 1 N–H and O–H groups in total. The molecule has 2 saturated heterocycles. The number of carbonyl (C=O) groups excluding carboxylic acids is 1. The molecule has 34 heavy (non-hydrogen) atoms. The molecule has 1 aromatic carbocycles. The van der Waals surface area contributed by atoms with Gasteiger partial charge in [0, 0.05) is 12.8 Å². The summed E-state index contributed by atoms with van der Waals surface area (Å²) in [4.78, 5) is 12.7. The van der Waals surface area contributed by atoms with Crippen molar-refractivity contribution in [2.45, 2.75) is 69.5 Å². The molecule has 0 bridgehead atoms. The van der Waals surface area contributed by atoms with Crippen LogP contribution in [0, 0.1) is 17.2 Å². The second kappa shape index (κ2) is 9.57. The molecule has 3 fully saturated rings. The Morgan fingerprint density at radius 2 is 2.12 bits per heavy atom. The van der Waals surface area contributed by atoms with Gasteiger partial charge in [-0.1, -0.05) is 11.6 Å². The molecule has 0 unspecified atom stereocenters. The second-order valence-electron chi connectivity index (χ2n) is 9.79. The second-order valence-corrected chi connectivity index (χ2v) is 9.79. The number of methoxy groups -OCH3 is 2. The van der Waals surface area contributed by atoms with Crippen molar-refractivity contribution in [3.8, 4) is 11.8 Å². The molecule has 1 spiro atoms. The topological polar surface area (TPSA) is 106 Å². The van der Waals surface area contributed by atoms with E-state index in [1.54, 1.807) is 25.3 Å². The molecule has 0 radical (unpaired) electrons. The van der Waals surface area contributed by atoms with Crippen molar-refractivity contribution >= 4 is 11.7 Å². The van der Waals surface area contributed by atoms with Gasteiger partial charge in [-0.15, -0.1) is 0 Å². The SMILES string of the molecule is COc1ccc(NCC(=O)O[C@@H]2CC[C@]3(CO3)[C@@H]([C@@]3(C)O[C@@H]3CC=C(C)C)[C@@H]2OC)cc1C#N. The highest BCUT2D eigenvalue weighted by Crippen LogP contribution is 2.59. The van der Waals surface area contributed by atoms with E-state index in [2.05, 4.69) is 38.2 Å². The molecule has 8 heteroatoms. The van der Waals surface area contributed by atoms with Crippen molar-refractivity contribution < 1.29 is 28.5 Å². The minimum Gasteiger partial charge on any atom is -0.495 e. The normalized spacial score (nSPS) is 33.5. The van der Waals surface area contributed by atoms with Crippen LogP contribution in [0.5, 0.6) is 5.75 Å². The van der Waals surface area contributed by atoms with E-state index in [1.807, 2.05) is 0 Å². The molecule has 1 aromatic rings. The Bertz CT molecular complexity index is 993. The average molecular weight is 471 g/mol. The Morgan fingerprint density at radius 1 is 1.35 bits per heavy atom. The van der Waals surface area contributed by atoms with Crippen LogP contribution in [0.1, 0.15) is 45.6 Å². The Morgan fingerprint density at radius 3 is 2.74 bits per heavy atom. The quantitative estimate of drug-likeness (QED) is 0.332. The van der Waals surface area contributed by atoms with Crippen LogP contribution in [-0.2, 0) is 23.7 Å². The van der Waals surface area contributed by atoms with Crippen molar-refractivity contribution in [1.82, 2.24) is 0 Å². The smallest absolute Gasteiger partial charge is 0.325 e. The fourth-order valence-electron chi connectivity index (χ4n) is 5.36. The van der Waals surface area contributed by atoms with Gasteiger partial charge >= 0.3 is 5.97 Å². The van der Waals surface area contributed by atoms with Gasteiger partial charge in [0.25, 0.3) is 0 Å². The van der Waals surface area contributed by atoms with Gasteiger partial charge in [0.05, 0.1) is 31.3 Å². The maximum absolute atomic E-state index is 12.7. The lowest BCUT2D eigenvalue weighted by Gasteiger charge is -2.42. The first-order chi connectivity index (χ1) is 16.3. The van der Waals surface area contributed by atoms with Gasteiger partial charge in [0.1, 0.15) is 41.8 Å².